The summed E-state index contributed by atoms with van der Waals surface area (Å²) < 4.78 is 2.20. The standard InChI is InChI=1S/C22H31N5OS/c1-18-9-13-26(14-10-18)21(28)17-29-22-24-23-20(16-25-11-5-6-12-25)27(22)15-19-7-3-2-4-8-19/h2-4,7-8,18H,5-6,9-17H2,1H3. The molecule has 1 amide bonds. The quantitative estimate of drug-likeness (QED) is 0.652. The number of likely N-dealkylation sites (tertiary alicyclic amines) is 2. The first-order valence-electron chi connectivity index (χ1n) is 10.8. The first kappa shape index (κ1) is 20.4. The van der Waals surface area contributed by atoms with Gasteiger partial charge in [-0.05, 0) is 50.3 Å². The van der Waals surface area contributed by atoms with E-state index in [-0.39, 0.29) is 5.91 Å². The summed E-state index contributed by atoms with van der Waals surface area (Å²) in [4.78, 5) is 17.1. The van der Waals surface area contributed by atoms with Crippen LogP contribution in [-0.4, -0.2) is 62.4 Å². The molecule has 1 aromatic heterocycles. The molecule has 2 fully saturated rings. The Morgan fingerprint density at radius 1 is 1.03 bits per heavy atom. The Hall–Kier alpha value is -1.86. The highest BCUT2D eigenvalue weighted by atomic mass is 32.2. The maximum Gasteiger partial charge on any atom is 0.233 e. The van der Waals surface area contributed by atoms with Crippen LogP contribution in [-0.2, 0) is 17.9 Å². The van der Waals surface area contributed by atoms with Crippen LogP contribution >= 0.6 is 11.8 Å². The Bertz CT molecular complexity index is 795. The highest BCUT2D eigenvalue weighted by Crippen LogP contribution is 2.23. The van der Waals surface area contributed by atoms with E-state index in [0.717, 1.165) is 69.0 Å². The Labute approximate surface area is 177 Å². The fourth-order valence-corrected chi connectivity index (χ4v) is 4.94. The van der Waals surface area contributed by atoms with E-state index >= 15 is 0 Å². The minimum atomic E-state index is 0.220. The lowest BCUT2D eigenvalue weighted by molar-refractivity contribution is -0.129. The number of rotatable bonds is 7. The van der Waals surface area contributed by atoms with Crippen LogP contribution in [0.1, 0.15) is 44.0 Å². The van der Waals surface area contributed by atoms with Crippen LogP contribution in [0, 0.1) is 5.92 Å². The van der Waals surface area contributed by atoms with Gasteiger partial charge in [0, 0.05) is 13.1 Å². The maximum atomic E-state index is 12.7. The topological polar surface area (TPSA) is 54.3 Å². The minimum absolute atomic E-state index is 0.220. The molecule has 7 heteroatoms. The third-order valence-electron chi connectivity index (χ3n) is 6.00. The molecule has 0 bridgehead atoms. The van der Waals surface area contributed by atoms with Crippen molar-refractivity contribution in [1.82, 2.24) is 24.6 Å². The monoisotopic (exact) mass is 413 g/mol. The molecule has 1 aromatic carbocycles. The largest absolute Gasteiger partial charge is 0.342 e. The predicted molar refractivity (Wildman–Crippen MR) is 116 cm³/mol. The molecule has 29 heavy (non-hydrogen) atoms. The van der Waals surface area contributed by atoms with Gasteiger partial charge in [0.05, 0.1) is 18.8 Å². The van der Waals surface area contributed by atoms with Gasteiger partial charge in [-0.25, -0.2) is 0 Å². The van der Waals surface area contributed by atoms with E-state index in [1.165, 1.54) is 30.2 Å². The molecular weight excluding hydrogens is 382 g/mol. The SMILES string of the molecule is CC1CCN(C(=O)CSc2nnc(CN3CCCC3)n2Cc2ccccc2)CC1. The van der Waals surface area contributed by atoms with Crippen molar-refractivity contribution in [3.05, 3.63) is 41.7 Å². The average molecular weight is 414 g/mol. The van der Waals surface area contributed by atoms with Gasteiger partial charge in [0.15, 0.2) is 5.16 Å². The summed E-state index contributed by atoms with van der Waals surface area (Å²) >= 11 is 1.53. The molecule has 3 heterocycles. The summed E-state index contributed by atoms with van der Waals surface area (Å²) in [6.07, 6.45) is 4.75. The first-order chi connectivity index (χ1) is 14.2. The number of hydrogen-bond donors (Lipinski definition) is 0. The lowest BCUT2D eigenvalue weighted by Gasteiger charge is -2.30. The normalized spacial score (nSPS) is 18.4. The number of amides is 1. The van der Waals surface area contributed by atoms with E-state index in [0.29, 0.717) is 5.75 Å². The molecule has 2 aliphatic rings. The summed E-state index contributed by atoms with van der Waals surface area (Å²) in [6, 6.07) is 10.4. The second-order valence-electron chi connectivity index (χ2n) is 8.31. The minimum Gasteiger partial charge on any atom is -0.342 e. The van der Waals surface area contributed by atoms with Crippen LogP contribution in [0.4, 0.5) is 0 Å². The van der Waals surface area contributed by atoms with Gasteiger partial charge in [-0.3, -0.25) is 9.69 Å². The summed E-state index contributed by atoms with van der Waals surface area (Å²) in [5.74, 6) is 2.38. The van der Waals surface area contributed by atoms with Gasteiger partial charge in [-0.15, -0.1) is 10.2 Å². The second kappa shape index (κ2) is 9.76. The number of nitrogens with zero attached hydrogens (tertiary/aromatic N) is 5. The summed E-state index contributed by atoms with van der Waals surface area (Å²) in [7, 11) is 0. The van der Waals surface area contributed by atoms with E-state index in [1.807, 2.05) is 11.0 Å². The zero-order chi connectivity index (χ0) is 20.1. The third-order valence-corrected chi connectivity index (χ3v) is 6.95. The molecule has 156 valence electrons. The van der Waals surface area contributed by atoms with Gasteiger partial charge >= 0.3 is 0 Å². The van der Waals surface area contributed by atoms with E-state index in [1.54, 1.807) is 0 Å². The highest BCUT2D eigenvalue weighted by Gasteiger charge is 2.22. The van der Waals surface area contributed by atoms with E-state index < -0.39 is 0 Å². The number of carbonyl (C=O) groups excluding carboxylic acids is 1. The molecule has 6 nitrogen and oxygen atoms in total. The van der Waals surface area contributed by atoms with Gasteiger partial charge in [0.2, 0.25) is 5.91 Å². The summed E-state index contributed by atoms with van der Waals surface area (Å²) in [6.45, 7) is 7.88. The molecule has 2 aliphatic heterocycles. The van der Waals surface area contributed by atoms with Gasteiger partial charge in [0.25, 0.3) is 0 Å². The molecule has 0 aliphatic carbocycles. The van der Waals surface area contributed by atoms with Gasteiger partial charge < -0.3 is 9.47 Å². The van der Waals surface area contributed by atoms with Crippen LogP contribution in [0.3, 0.4) is 0 Å². The number of benzene rings is 1. The van der Waals surface area contributed by atoms with Crippen molar-refractivity contribution < 1.29 is 4.79 Å². The van der Waals surface area contributed by atoms with Gasteiger partial charge in [-0.1, -0.05) is 49.0 Å². The number of aromatic nitrogens is 3. The third kappa shape index (κ3) is 5.39. The van der Waals surface area contributed by atoms with Crippen LogP contribution < -0.4 is 0 Å². The molecule has 0 unspecified atom stereocenters. The molecular formula is C22H31N5OS. The molecule has 0 atom stereocenters. The Morgan fingerprint density at radius 2 is 1.76 bits per heavy atom. The first-order valence-corrected chi connectivity index (χ1v) is 11.8. The Kier molecular flexibility index (Phi) is 6.87. The summed E-state index contributed by atoms with van der Waals surface area (Å²) in [5, 5.41) is 9.81. The number of hydrogen-bond acceptors (Lipinski definition) is 5. The Balaban J connectivity index is 1.44. The molecule has 2 aromatic rings. The van der Waals surface area contributed by atoms with Crippen LogP contribution in [0.5, 0.6) is 0 Å². The van der Waals surface area contributed by atoms with E-state index in [4.69, 9.17) is 0 Å². The van der Waals surface area contributed by atoms with Crippen molar-refractivity contribution in [1.29, 1.82) is 0 Å². The highest BCUT2D eigenvalue weighted by molar-refractivity contribution is 7.99. The number of carbonyl (C=O) groups is 1. The van der Waals surface area contributed by atoms with Crippen molar-refractivity contribution in [2.24, 2.45) is 5.92 Å². The zero-order valence-electron chi connectivity index (χ0n) is 17.3. The Morgan fingerprint density at radius 3 is 2.48 bits per heavy atom. The predicted octanol–water partition coefficient (Wildman–Crippen LogP) is 3.27. The van der Waals surface area contributed by atoms with Crippen molar-refractivity contribution >= 4 is 17.7 Å². The van der Waals surface area contributed by atoms with Gasteiger partial charge in [0.1, 0.15) is 5.82 Å². The van der Waals surface area contributed by atoms with Crippen LogP contribution in [0.25, 0.3) is 0 Å². The lowest BCUT2D eigenvalue weighted by Crippen LogP contribution is -2.38. The number of piperidine rings is 1. The number of thioether (sulfide) groups is 1. The summed E-state index contributed by atoms with van der Waals surface area (Å²) in [5.41, 5.74) is 1.23. The van der Waals surface area contributed by atoms with Crippen molar-refractivity contribution in [3.8, 4) is 0 Å². The molecule has 0 saturated carbocycles. The smallest absolute Gasteiger partial charge is 0.233 e. The fourth-order valence-electron chi connectivity index (χ4n) is 4.08. The molecule has 0 N–H and O–H groups in total. The van der Waals surface area contributed by atoms with Crippen molar-refractivity contribution in [2.45, 2.75) is 50.9 Å². The van der Waals surface area contributed by atoms with E-state index in [9.17, 15) is 4.79 Å². The second-order valence-corrected chi connectivity index (χ2v) is 9.25. The molecule has 2 saturated heterocycles. The zero-order valence-corrected chi connectivity index (χ0v) is 18.1. The van der Waals surface area contributed by atoms with Crippen LogP contribution in [0.2, 0.25) is 0 Å². The maximum absolute atomic E-state index is 12.7. The van der Waals surface area contributed by atoms with Gasteiger partial charge in [-0.2, -0.15) is 0 Å². The van der Waals surface area contributed by atoms with Crippen molar-refractivity contribution in [2.75, 3.05) is 31.9 Å². The molecule has 0 radical (unpaired) electrons. The van der Waals surface area contributed by atoms with Crippen molar-refractivity contribution in [3.63, 3.8) is 0 Å². The molecule has 4 rings (SSSR count). The molecule has 0 spiro atoms. The fraction of sp³-hybridized carbons (Fsp3) is 0.591. The van der Waals surface area contributed by atoms with Crippen LogP contribution in [0.15, 0.2) is 35.5 Å². The average Bonchev–Trinajstić information content (AvgIpc) is 3.39. The van der Waals surface area contributed by atoms with E-state index in [2.05, 4.69) is 50.9 Å². The lowest BCUT2D eigenvalue weighted by atomic mass is 9.99.